The fraction of sp³-hybridized carbons (Fsp3) is 0. The Hall–Kier alpha value is -8.46. The number of hydrogen-bond acceptors (Lipinski definition) is 1. The lowest BCUT2D eigenvalue weighted by Crippen LogP contribution is -2.11. The quantitative estimate of drug-likeness (QED) is 0.139. The maximum Gasteiger partial charge on any atom is 0.0541 e. The van der Waals surface area contributed by atoms with E-state index in [1.165, 1.54) is 71.2 Å². The van der Waals surface area contributed by atoms with Gasteiger partial charge in [-0.05, 0) is 121 Å². The van der Waals surface area contributed by atoms with Crippen LogP contribution in [0.4, 0.5) is 17.1 Å². The van der Waals surface area contributed by atoms with Crippen LogP contribution >= 0.6 is 0 Å². The van der Waals surface area contributed by atoms with Gasteiger partial charge >= 0.3 is 0 Å². The first-order valence-electron chi connectivity index (χ1n) is 22.0. The zero-order valence-electron chi connectivity index (χ0n) is 35.1. The summed E-state index contributed by atoms with van der Waals surface area (Å²) in [4.78, 5) is 2.43. The maximum atomic E-state index is 2.43. The van der Waals surface area contributed by atoms with Crippen molar-refractivity contribution in [2.45, 2.75) is 0 Å². The molecule has 0 saturated carbocycles. The Kier molecular flexibility index (Phi) is 9.20. The second kappa shape index (κ2) is 15.8. The van der Waals surface area contributed by atoms with Crippen LogP contribution in [0.1, 0.15) is 0 Å². The fourth-order valence-corrected chi connectivity index (χ4v) is 9.83. The highest BCUT2D eigenvalue weighted by atomic mass is 15.1. The van der Waals surface area contributed by atoms with Gasteiger partial charge in [-0.2, -0.15) is 0 Å². The van der Waals surface area contributed by atoms with E-state index in [9.17, 15) is 0 Å². The van der Waals surface area contributed by atoms with E-state index in [0.717, 1.165) is 39.4 Å². The normalized spacial score (nSPS) is 11.4. The van der Waals surface area contributed by atoms with E-state index in [-0.39, 0.29) is 0 Å². The summed E-state index contributed by atoms with van der Waals surface area (Å²) in [6.07, 6.45) is 0. The molecule has 12 aromatic rings. The summed E-state index contributed by atoms with van der Waals surface area (Å²) in [7, 11) is 0. The minimum Gasteiger partial charge on any atom is -0.310 e. The van der Waals surface area contributed by atoms with Crippen LogP contribution in [0.25, 0.3) is 93.5 Å². The maximum absolute atomic E-state index is 2.43. The average Bonchev–Trinajstić information content (AvgIpc) is 3.71. The summed E-state index contributed by atoms with van der Waals surface area (Å²) >= 11 is 0. The van der Waals surface area contributed by atoms with Gasteiger partial charge < -0.3 is 9.47 Å². The van der Waals surface area contributed by atoms with Gasteiger partial charge in [0.25, 0.3) is 0 Å². The molecule has 0 aliphatic heterocycles. The third-order valence-corrected chi connectivity index (χ3v) is 12.8. The molecule has 0 bridgehead atoms. The molecule has 0 atom stereocenters. The molecule has 1 aromatic heterocycles. The van der Waals surface area contributed by atoms with Crippen molar-refractivity contribution in [2.75, 3.05) is 4.90 Å². The molecule has 0 fully saturated rings. The molecule has 0 unspecified atom stereocenters. The van der Waals surface area contributed by atoms with Crippen LogP contribution in [-0.2, 0) is 0 Å². The highest BCUT2D eigenvalue weighted by Crippen LogP contribution is 2.45. The van der Waals surface area contributed by atoms with Gasteiger partial charge in [0.1, 0.15) is 0 Å². The number of rotatable bonds is 8. The molecule has 0 spiro atoms. The predicted octanol–water partition coefficient (Wildman–Crippen LogP) is 17.2. The SMILES string of the molecule is c1ccc(-c2ccccc2-c2cccc(N(c3ccc(-c4cccc5c4ccc4ccccc45)cc3)c3ccccc3-c3ccc4c(c3)c3ccccc3n4-c3ccccc3)c2)cc1. The minimum absolute atomic E-state index is 1.08. The minimum atomic E-state index is 1.08. The Morgan fingerprint density at radius 2 is 0.828 bits per heavy atom. The van der Waals surface area contributed by atoms with Crippen LogP contribution in [0, 0.1) is 0 Å². The molecular weight excluding hydrogens is 773 g/mol. The molecule has 11 aromatic carbocycles. The van der Waals surface area contributed by atoms with Crippen LogP contribution in [-0.4, -0.2) is 4.57 Å². The predicted molar refractivity (Wildman–Crippen MR) is 272 cm³/mol. The van der Waals surface area contributed by atoms with E-state index in [0.29, 0.717) is 0 Å². The van der Waals surface area contributed by atoms with E-state index in [2.05, 4.69) is 264 Å². The number of aromatic nitrogens is 1. The number of anilines is 3. The first kappa shape index (κ1) is 37.3. The van der Waals surface area contributed by atoms with Crippen LogP contribution in [0.2, 0.25) is 0 Å². The number of benzene rings is 11. The summed E-state index contributed by atoms with van der Waals surface area (Å²) < 4.78 is 2.38. The second-order valence-corrected chi connectivity index (χ2v) is 16.5. The van der Waals surface area contributed by atoms with Crippen LogP contribution < -0.4 is 4.90 Å². The van der Waals surface area contributed by atoms with Crippen molar-refractivity contribution >= 4 is 60.4 Å². The lowest BCUT2D eigenvalue weighted by atomic mass is 9.93. The van der Waals surface area contributed by atoms with Crippen molar-refractivity contribution in [2.24, 2.45) is 0 Å². The van der Waals surface area contributed by atoms with Gasteiger partial charge in [0.2, 0.25) is 0 Å². The van der Waals surface area contributed by atoms with E-state index in [1.807, 2.05) is 0 Å². The first-order valence-corrected chi connectivity index (χ1v) is 22.0. The van der Waals surface area contributed by atoms with E-state index < -0.39 is 0 Å². The summed E-state index contributed by atoms with van der Waals surface area (Å²) in [6, 6.07) is 92.7. The Balaban J connectivity index is 1.03. The van der Waals surface area contributed by atoms with Gasteiger partial charge in [-0.15, -0.1) is 0 Å². The van der Waals surface area contributed by atoms with Gasteiger partial charge in [0.15, 0.2) is 0 Å². The third kappa shape index (κ3) is 6.44. The van der Waals surface area contributed by atoms with Crippen molar-refractivity contribution in [1.82, 2.24) is 4.57 Å². The van der Waals surface area contributed by atoms with Gasteiger partial charge in [-0.1, -0.05) is 194 Å². The molecule has 1 heterocycles. The Morgan fingerprint density at radius 1 is 0.266 bits per heavy atom. The standard InChI is InChI=1S/C62H42N2/c1-3-17-43(18-4-1)51-24-9-10-26-54(51)46-20-15-23-50(41-46)63(49-37-33-45(34-38-49)53-29-16-30-56-52-25-8-7-19-44(52)35-39-57(53)56)60-31-13-11-27-55(60)47-36-40-62-59(42-47)58-28-12-14-32-61(58)64(62)48-21-5-2-6-22-48/h1-42H. The molecule has 0 aliphatic carbocycles. The zero-order chi connectivity index (χ0) is 42.4. The molecule has 0 aliphatic rings. The molecule has 12 rings (SSSR count). The van der Waals surface area contributed by atoms with Crippen LogP contribution in [0.15, 0.2) is 255 Å². The topological polar surface area (TPSA) is 8.17 Å². The number of fused-ring (bicyclic) bond motifs is 6. The van der Waals surface area contributed by atoms with Gasteiger partial charge in [-0.3, -0.25) is 0 Å². The molecule has 300 valence electrons. The molecule has 0 N–H and O–H groups in total. The summed E-state index contributed by atoms with van der Waals surface area (Å²) in [5, 5.41) is 7.52. The molecule has 0 amide bonds. The smallest absolute Gasteiger partial charge is 0.0541 e. The largest absolute Gasteiger partial charge is 0.310 e. The van der Waals surface area contributed by atoms with E-state index in [1.54, 1.807) is 0 Å². The lowest BCUT2D eigenvalue weighted by molar-refractivity contribution is 1.18. The van der Waals surface area contributed by atoms with Crippen molar-refractivity contribution in [3.63, 3.8) is 0 Å². The Morgan fingerprint density at radius 3 is 1.66 bits per heavy atom. The molecule has 0 saturated heterocycles. The highest BCUT2D eigenvalue weighted by molar-refractivity contribution is 6.13. The van der Waals surface area contributed by atoms with Gasteiger partial charge in [-0.25, -0.2) is 0 Å². The highest BCUT2D eigenvalue weighted by Gasteiger charge is 2.21. The molecular formula is C62H42N2. The lowest BCUT2D eigenvalue weighted by Gasteiger charge is -2.28. The van der Waals surface area contributed by atoms with Gasteiger partial charge in [0, 0.05) is 33.4 Å². The molecule has 2 nitrogen and oxygen atoms in total. The Labute approximate surface area is 373 Å². The molecule has 2 heteroatoms. The molecule has 64 heavy (non-hydrogen) atoms. The van der Waals surface area contributed by atoms with E-state index >= 15 is 0 Å². The van der Waals surface area contributed by atoms with Crippen molar-refractivity contribution in [1.29, 1.82) is 0 Å². The van der Waals surface area contributed by atoms with Crippen molar-refractivity contribution in [3.05, 3.63) is 255 Å². The van der Waals surface area contributed by atoms with Crippen molar-refractivity contribution < 1.29 is 0 Å². The van der Waals surface area contributed by atoms with E-state index in [4.69, 9.17) is 0 Å². The summed E-state index contributed by atoms with van der Waals surface area (Å²) in [5.74, 6) is 0. The Bertz CT molecular complexity index is 3660. The zero-order valence-corrected chi connectivity index (χ0v) is 35.1. The number of hydrogen-bond donors (Lipinski definition) is 0. The summed E-state index contributed by atoms with van der Waals surface area (Å²) in [5.41, 5.74) is 16.3. The number of para-hydroxylation sites is 3. The number of nitrogens with zero attached hydrogens (tertiary/aromatic N) is 2. The molecule has 0 radical (unpaired) electrons. The van der Waals surface area contributed by atoms with Gasteiger partial charge in [0.05, 0.1) is 16.7 Å². The third-order valence-electron chi connectivity index (χ3n) is 12.8. The summed E-state index contributed by atoms with van der Waals surface area (Å²) in [6.45, 7) is 0. The van der Waals surface area contributed by atoms with Crippen molar-refractivity contribution in [3.8, 4) is 50.2 Å². The monoisotopic (exact) mass is 814 g/mol. The van der Waals surface area contributed by atoms with Crippen LogP contribution in [0.3, 0.4) is 0 Å². The second-order valence-electron chi connectivity index (χ2n) is 16.5. The average molecular weight is 815 g/mol. The van der Waals surface area contributed by atoms with Crippen LogP contribution in [0.5, 0.6) is 0 Å². The first-order chi connectivity index (χ1) is 31.8. The fourth-order valence-electron chi connectivity index (χ4n) is 9.83.